The second-order valence-corrected chi connectivity index (χ2v) is 14.2. The SMILES string of the molecule is CCCC(C(=O)NCCCCCNC(=O)c1ccc(-c2cc3c(cc2O)Oc2cc(O)c(F)cc2N3C(C)=O)cc1)[C@@H]1SC[C@@H]2CC(=O)N[C@@H]21. The lowest BCUT2D eigenvalue weighted by molar-refractivity contribution is -0.125. The van der Waals surface area contributed by atoms with Gasteiger partial charge in [0.25, 0.3) is 5.91 Å². The van der Waals surface area contributed by atoms with Crippen molar-refractivity contribution >= 4 is 46.8 Å². The Bertz CT molecular complexity index is 1800. The summed E-state index contributed by atoms with van der Waals surface area (Å²) < 4.78 is 20.0. The summed E-state index contributed by atoms with van der Waals surface area (Å²) in [7, 11) is 0. The van der Waals surface area contributed by atoms with Crippen LogP contribution in [-0.4, -0.2) is 64.0 Å². The van der Waals surface area contributed by atoms with Crippen molar-refractivity contribution in [3.05, 3.63) is 59.9 Å². The maximum absolute atomic E-state index is 14.2. The van der Waals surface area contributed by atoms with Crippen molar-refractivity contribution in [1.29, 1.82) is 0 Å². The number of rotatable bonds is 12. The van der Waals surface area contributed by atoms with Crippen molar-refractivity contribution in [2.24, 2.45) is 11.8 Å². The van der Waals surface area contributed by atoms with Gasteiger partial charge in [0.15, 0.2) is 23.1 Å². The molecule has 1 unspecified atom stereocenters. The number of fused-ring (bicyclic) bond motifs is 3. The molecule has 13 heteroatoms. The Morgan fingerprint density at radius 2 is 1.68 bits per heavy atom. The molecule has 264 valence electrons. The van der Waals surface area contributed by atoms with E-state index in [4.69, 9.17) is 4.74 Å². The van der Waals surface area contributed by atoms with Crippen LogP contribution in [0.2, 0.25) is 0 Å². The van der Waals surface area contributed by atoms with Gasteiger partial charge in [-0.15, -0.1) is 0 Å². The summed E-state index contributed by atoms with van der Waals surface area (Å²) in [6.45, 7) is 4.42. The average Bonchev–Trinajstić information content (AvgIpc) is 3.65. The number of phenolic OH excluding ortho intramolecular Hbond substituents is 2. The average molecular weight is 705 g/mol. The first-order chi connectivity index (χ1) is 24.0. The number of hydrogen-bond acceptors (Lipinski definition) is 8. The fourth-order valence-electron chi connectivity index (χ4n) is 7.00. The molecular formula is C37H41FN4O7S. The van der Waals surface area contributed by atoms with E-state index in [0.717, 1.165) is 50.0 Å². The van der Waals surface area contributed by atoms with Crippen molar-refractivity contribution in [2.75, 3.05) is 23.7 Å². The van der Waals surface area contributed by atoms with E-state index in [-0.39, 0.29) is 63.6 Å². The predicted molar refractivity (Wildman–Crippen MR) is 188 cm³/mol. The van der Waals surface area contributed by atoms with Crippen LogP contribution in [0.3, 0.4) is 0 Å². The quantitative estimate of drug-likeness (QED) is 0.149. The molecule has 11 nitrogen and oxygen atoms in total. The van der Waals surface area contributed by atoms with Gasteiger partial charge in [-0.25, -0.2) is 4.39 Å². The minimum atomic E-state index is -0.908. The fraction of sp³-hybridized carbons (Fsp3) is 0.405. The van der Waals surface area contributed by atoms with E-state index < -0.39 is 17.5 Å². The van der Waals surface area contributed by atoms with Crippen molar-refractivity contribution in [1.82, 2.24) is 16.0 Å². The standard InChI is InChI=1S/C37H41FN4O7S/c1-3-7-24(35-34-23(19-50-35)14-33(46)41-34)37(48)40-13-6-4-5-12-39-36(47)22-10-8-21(9-11-22)25-15-27-31(17-29(25)44)49-32-18-30(45)26(38)16-28(32)42(27)20(2)43/h8-11,15-18,23-24,34-35,44-45H,3-7,12-14,19H2,1-2H3,(H,39,47)(H,40,48)(H,41,46)/t23-,24?,34-,35-/m0/s1. The van der Waals surface area contributed by atoms with Crippen LogP contribution in [0.1, 0.15) is 62.7 Å². The number of carbonyl (C=O) groups excluding carboxylic acids is 4. The van der Waals surface area contributed by atoms with E-state index in [9.17, 15) is 33.8 Å². The van der Waals surface area contributed by atoms with Crippen LogP contribution in [0, 0.1) is 17.7 Å². The maximum Gasteiger partial charge on any atom is 0.251 e. The summed E-state index contributed by atoms with van der Waals surface area (Å²) in [6, 6.07) is 11.7. The van der Waals surface area contributed by atoms with Crippen LogP contribution in [-0.2, 0) is 14.4 Å². The van der Waals surface area contributed by atoms with Crippen molar-refractivity contribution in [2.45, 2.75) is 63.7 Å². The number of benzene rings is 3. The predicted octanol–water partition coefficient (Wildman–Crippen LogP) is 5.75. The van der Waals surface area contributed by atoms with Gasteiger partial charge in [0, 0.05) is 67.1 Å². The number of nitrogens with one attached hydrogen (secondary N) is 3. The molecule has 0 radical (unpaired) electrons. The smallest absolute Gasteiger partial charge is 0.251 e. The van der Waals surface area contributed by atoms with Crippen LogP contribution in [0.25, 0.3) is 11.1 Å². The summed E-state index contributed by atoms with van der Waals surface area (Å²) >= 11 is 1.81. The lowest BCUT2D eigenvalue weighted by Crippen LogP contribution is -2.45. The number of unbranched alkanes of at least 4 members (excludes halogenated alkanes) is 2. The number of hydrogen-bond donors (Lipinski definition) is 5. The Morgan fingerprint density at radius 3 is 2.38 bits per heavy atom. The van der Waals surface area contributed by atoms with Crippen molar-refractivity contribution in [3.63, 3.8) is 0 Å². The highest BCUT2D eigenvalue weighted by atomic mass is 32.2. The highest BCUT2D eigenvalue weighted by Gasteiger charge is 2.47. The number of anilines is 2. The molecule has 0 aliphatic carbocycles. The molecule has 3 aliphatic heterocycles. The summed E-state index contributed by atoms with van der Waals surface area (Å²) in [5.41, 5.74) is 1.79. The van der Waals surface area contributed by atoms with Gasteiger partial charge in [0.05, 0.1) is 17.3 Å². The molecular weight excluding hydrogens is 663 g/mol. The third kappa shape index (κ3) is 7.23. The maximum atomic E-state index is 14.2. The number of amides is 4. The van der Waals surface area contributed by atoms with E-state index >= 15 is 0 Å². The fourth-order valence-corrected chi connectivity index (χ4v) is 8.78. The van der Waals surface area contributed by atoms with E-state index in [1.54, 1.807) is 30.3 Å². The number of thioether (sulfide) groups is 1. The highest BCUT2D eigenvalue weighted by molar-refractivity contribution is 8.00. The molecule has 0 spiro atoms. The number of halogens is 1. The Kier molecular flexibility index (Phi) is 10.5. The second kappa shape index (κ2) is 15.0. The lowest BCUT2D eigenvalue weighted by atomic mass is 9.89. The van der Waals surface area contributed by atoms with Gasteiger partial charge in [-0.05, 0) is 61.1 Å². The van der Waals surface area contributed by atoms with Crippen LogP contribution in [0.5, 0.6) is 23.0 Å². The molecule has 5 N–H and O–H groups in total. The van der Waals surface area contributed by atoms with E-state index in [2.05, 4.69) is 22.9 Å². The van der Waals surface area contributed by atoms with E-state index in [1.165, 1.54) is 17.9 Å². The first-order valence-corrected chi connectivity index (χ1v) is 18.1. The molecule has 4 amide bonds. The van der Waals surface area contributed by atoms with E-state index in [1.807, 2.05) is 11.8 Å². The summed E-state index contributed by atoms with van der Waals surface area (Å²) in [4.78, 5) is 51.7. The molecule has 0 saturated carbocycles. The second-order valence-electron chi connectivity index (χ2n) is 13.0. The Morgan fingerprint density at radius 1 is 1.00 bits per heavy atom. The van der Waals surface area contributed by atoms with Gasteiger partial charge in [-0.2, -0.15) is 11.8 Å². The van der Waals surface area contributed by atoms with Crippen LogP contribution in [0.4, 0.5) is 15.8 Å². The molecule has 3 aliphatic rings. The van der Waals surface area contributed by atoms with Gasteiger partial charge in [0.1, 0.15) is 5.75 Å². The molecule has 3 aromatic rings. The number of aromatic hydroxyl groups is 2. The van der Waals surface area contributed by atoms with Crippen molar-refractivity contribution < 1.29 is 38.5 Å². The first kappa shape index (κ1) is 35.1. The highest BCUT2D eigenvalue weighted by Crippen LogP contribution is 2.51. The first-order valence-electron chi connectivity index (χ1n) is 17.0. The summed E-state index contributed by atoms with van der Waals surface area (Å²) in [6.07, 6.45) is 4.62. The minimum absolute atomic E-state index is 0.0537. The zero-order chi connectivity index (χ0) is 35.5. The number of phenols is 2. The monoisotopic (exact) mass is 704 g/mol. The van der Waals surface area contributed by atoms with Gasteiger partial charge in [-0.1, -0.05) is 25.5 Å². The van der Waals surface area contributed by atoms with Crippen LogP contribution >= 0.6 is 11.8 Å². The Hall–Kier alpha value is -4.78. The van der Waals surface area contributed by atoms with Gasteiger partial charge in [0.2, 0.25) is 17.7 Å². The molecule has 6 rings (SSSR count). The topological polar surface area (TPSA) is 157 Å². The zero-order valence-electron chi connectivity index (χ0n) is 28.0. The van der Waals surface area contributed by atoms with Crippen LogP contribution in [0.15, 0.2) is 48.5 Å². The molecule has 50 heavy (non-hydrogen) atoms. The third-order valence-electron chi connectivity index (χ3n) is 9.49. The lowest BCUT2D eigenvalue weighted by Gasteiger charge is -2.31. The summed E-state index contributed by atoms with van der Waals surface area (Å²) in [5, 5.41) is 29.9. The van der Waals surface area contributed by atoms with Gasteiger partial charge >= 0.3 is 0 Å². The number of nitrogens with zero attached hydrogens (tertiary/aromatic N) is 1. The minimum Gasteiger partial charge on any atom is -0.507 e. The largest absolute Gasteiger partial charge is 0.507 e. The molecule has 3 aromatic carbocycles. The number of ether oxygens (including phenoxy) is 1. The molecule has 0 aromatic heterocycles. The Balaban J connectivity index is 0.983. The molecule has 4 atom stereocenters. The molecule has 2 fully saturated rings. The van der Waals surface area contributed by atoms with Crippen LogP contribution < -0.4 is 25.6 Å². The normalized spacial score (nSPS) is 19.5. The Labute approximate surface area is 294 Å². The molecule has 2 saturated heterocycles. The van der Waals surface area contributed by atoms with E-state index in [0.29, 0.717) is 42.1 Å². The molecule has 3 heterocycles. The molecule has 0 bridgehead atoms. The number of carbonyl (C=O) groups is 4. The van der Waals surface area contributed by atoms with Gasteiger partial charge < -0.3 is 30.9 Å². The van der Waals surface area contributed by atoms with Crippen molar-refractivity contribution in [3.8, 4) is 34.1 Å². The van der Waals surface area contributed by atoms with Gasteiger partial charge in [-0.3, -0.25) is 24.1 Å². The third-order valence-corrected chi connectivity index (χ3v) is 11.1. The zero-order valence-corrected chi connectivity index (χ0v) is 28.8. The summed E-state index contributed by atoms with van der Waals surface area (Å²) in [5.74, 6) is -0.860.